The number of nitrogens with one attached hydrogen (secondary N) is 1. The first-order valence-corrected chi connectivity index (χ1v) is 7.52. The zero-order chi connectivity index (χ0) is 15.6. The van der Waals surface area contributed by atoms with Crippen LogP contribution >= 0.6 is 0 Å². The summed E-state index contributed by atoms with van der Waals surface area (Å²) < 4.78 is 0. The second-order valence-corrected chi connectivity index (χ2v) is 5.95. The van der Waals surface area contributed by atoms with Gasteiger partial charge in [-0.25, -0.2) is 9.97 Å². The van der Waals surface area contributed by atoms with Gasteiger partial charge < -0.3 is 5.73 Å². The molecule has 0 amide bonds. The van der Waals surface area contributed by atoms with Gasteiger partial charge >= 0.3 is 0 Å². The summed E-state index contributed by atoms with van der Waals surface area (Å²) in [5.41, 5.74) is 9.30. The number of guanidine groups is 1. The molecule has 1 aromatic heterocycles. The van der Waals surface area contributed by atoms with E-state index in [1.54, 1.807) is 0 Å². The summed E-state index contributed by atoms with van der Waals surface area (Å²) in [5, 5.41) is 2.98. The predicted molar refractivity (Wildman–Crippen MR) is 89.0 cm³/mol. The topological polar surface area (TPSA) is 76.2 Å². The first-order valence-electron chi connectivity index (χ1n) is 7.52. The van der Waals surface area contributed by atoms with Gasteiger partial charge in [0.15, 0.2) is 5.96 Å². The summed E-state index contributed by atoms with van der Waals surface area (Å²) >= 11 is 0. The highest BCUT2D eigenvalue weighted by atomic mass is 15.2. The fraction of sp³-hybridized carbons (Fsp3) is 0.353. The number of nitrogens with zero attached hydrogens (tertiary/aromatic N) is 3. The molecule has 1 aliphatic carbocycles. The van der Waals surface area contributed by atoms with Crippen molar-refractivity contribution in [1.82, 2.24) is 9.97 Å². The van der Waals surface area contributed by atoms with E-state index in [2.05, 4.69) is 44.5 Å². The first kappa shape index (κ1) is 14.5. The Morgan fingerprint density at radius 3 is 2.41 bits per heavy atom. The lowest BCUT2D eigenvalue weighted by Crippen LogP contribution is -2.26. The zero-order valence-electron chi connectivity index (χ0n) is 13.0. The van der Waals surface area contributed by atoms with E-state index in [9.17, 15) is 0 Å². The van der Waals surface area contributed by atoms with E-state index < -0.39 is 0 Å². The molecule has 5 heteroatoms. The molecule has 114 valence electrons. The smallest absolute Gasteiger partial charge is 0.229 e. The van der Waals surface area contributed by atoms with Gasteiger partial charge in [-0.3, -0.25) is 10.3 Å². The van der Waals surface area contributed by atoms with E-state index in [0.717, 1.165) is 24.2 Å². The fourth-order valence-corrected chi connectivity index (χ4v) is 2.65. The molecule has 3 N–H and O–H groups in total. The van der Waals surface area contributed by atoms with Gasteiger partial charge in [-0.05, 0) is 38.3 Å². The van der Waals surface area contributed by atoms with Crippen LogP contribution in [-0.2, 0) is 5.41 Å². The minimum Gasteiger partial charge on any atom is -0.370 e. The minimum atomic E-state index is 0.164. The Bertz CT molecular complexity index is 669. The number of aryl methyl sites for hydroxylation is 2. The second-order valence-electron chi connectivity index (χ2n) is 5.95. The van der Waals surface area contributed by atoms with Crippen LogP contribution in [0.15, 0.2) is 41.4 Å². The van der Waals surface area contributed by atoms with Crippen molar-refractivity contribution in [1.29, 1.82) is 0 Å². The second kappa shape index (κ2) is 5.75. The van der Waals surface area contributed by atoms with Crippen molar-refractivity contribution in [3.05, 3.63) is 53.3 Å². The Labute approximate surface area is 130 Å². The van der Waals surface area contributed by atoms with E-state index >= 15 is 0 Å². The summed E-state index contributed by atoms with van der Waals surface area (Å²) in [6.07, 6.45) is 2.32. The van der Waals surface area contributed by atoms with Gasteiger partial charge in [0.1, 0.15) is 0 Å². The van der Waals surface area contributed by atoms with Gasteiger partial charge in [-0.2, -0.15) is 0 Å². The Hall–Kier alpha value is -2.43. The molecule has 1 aliphatic rings. The third-order valence-corrected chi connectivity index (χ3v) is 4.01. The molecule has 0 aliphatic heterocycles. The molecule has 1 fully saturated rings. The maximum Gasteiger partial charge on any atom is 0.229 e. The summed E-state index contributed by atoms with van der Waals surface area (Å²) in [7, 11) is 0. The van der Waals surface area contributed by atoms with Crippen molar-refractivity contribution >= 4 is 11.9 Å². The van der Waals surface area contributed by atoms with E-state index in [1.165, 1.54) is 5.56 Å². The highest BCUT2D eigenvalue weighted by molar-refractivity contribution is 5.90. The molecule has 3 rings (SSSR count). The molecule has 5 nitrogen and oxygen atoms in total. The van der Waals surface area contributed by atoms with Gasteiger partial charge in [0.25, 0.3) is 0 Å². The van der Waals surface area contributed by atoms with Crippen LogP contribution in [0.2, 0.25) is 0 Å². The molecule has 1 heterocycles. The molecule has 0 radical (unpaired) electrons. The van der Waals surface area contributed by atoms with Crippen LogP contribution in [0.5, 0.6) is 0 Å². The Morgan fingerprint density at radius 2 is 1.82 bits per heavy atom. The minimum absolute atomic E-state index is 0.164. The van der Waals surface area contributed by atoms with Crippen LogP contribution in [0, 0.1) is 13.8 Å². The molecule has 0 atom stereocenters. The van der Waals surface area contributed by atoms with E-state index in [4.69, 9.17) is 5.73 Å². The van der Waals surface area contributed by atoms with E-state index in [-0.39, 0.29) is 5.41 Å². The molecular formula is C17H21N5. The zero-order valence-corrected chi connectivity index (χ0v) is 13.0. The third-order valence-electron chi connectivity index (χ3n) is 4.01. The SMILES string of the molecule is Cc1cc(C)nc(NC(N)=NCC2(c3ccccc3)CC2)n1. The summed E-state index contributed by atoms with van der Waals surface area (Å²) in [6.45, 7) is 4.56. The van der Waals surface area contributed by atoms with Crippen molar-refractivity contribution in [3.63, 3.8) is 0 Å². The molecule has 0 saturated heterocycles. The molecule has 0 bridgehead atoms. The van der Waals surface area contributed by atoms with Crippen LogP contribution < -0.4 is 11.1 Å². The maximum absolute atomic E-state index is 5.98. The Balaban J connectivity index is 1.68. The Morgan fingerprint density at radius 1 is 1.18 bits per heavy atom. The standard InChI is InChI=1S/C17H21N5/c1-12-10-13(2)21-16(20-12)22-15(18)19-11-17(8-9-17)14-6-4-3-5-7-14/h3-7,10H,8-9,11H2,1-2H3,(H3,18,19,20,21,22). The first-order chi connectivity index (χ1) is 10.6. The van der Waals surface area contributed by atoms with Crippen LogP contribution in [-0.4, -0.2) is 22.5 Å². The van der Waals surface area contributed by atoms with Crippen molar-refractivity contribution in [2.75, 3.05) is 11.9 Å². The number of anilines is 1. The average Bonchev–Trinajstić information content (AvgIpc) is 3.26. The van der Waals surface area contributed by atoms with Crippen molar-refractivity contribution in [2.45, 2.75) is 32.1 Å². The molecule has 0 spiro atoms. The Kier molecular flexibility index (Phi) is 3.79. The number of hydrogen-bond acceptors (Lipinski definition) is 3. The summed E-state index contributed by atoms with van der Waals surface area (Å²) in [4.78, 5) is 13.1. The van der Waals surface area contributed by atoms with Gasteiger partial charge in [0.2, 0.25) is 5.95 Å². The van der Waals surface area contributed by atoms with Gasteiger partial charge in [0, 0.05) is 16.8 Å². The van der Waals surface area contributed by atoms with Crippen molar-refractivity contribution in [2.24, 2.45) is 10.7 Å². The molecule has 1 aromatic carbocycles. The van der Waals surface area contributed by atoms with Gasteiger partial charge in [0.05, 0.1) is 6.54 Å². The molecular weight excluding hydrogens is 274 g/mol. The van der Waals surface area contributed by atoms with Gasteiger partial charge in [-0.15, -0.1) is 0 Å². The van der Waals surface area contributed by atoms with Crippen molar-refractivity contribution in [3.8, 4) is 0 Å². The third kappa shape index (κ3) is 3.24. The monoisotopic (exact) mass is 295 g/mol. The lowest BCUT2D eigenvalue weighted by molar-refractivity contribution is 0.705. The highest BCUT2D eigenvalue weighted by Gasteiger charge is 2.43. The average molecular weight is 295 g/mol. The number of nitrogens with two attached hydrogens (primary N) is 1. The van der Waals surface area contributed by atoms with E-state index in [0.29, 0.717) is 18.5 Å². The lowest BCUT2D eigenvalue weighted by atomic mass is 9.96. The maximum atomic E-state index is 5.98. The van der Waals surface area contributed by atoms with Gasteiger partial charge in [-0.1, -0.05) is 30.3 Å². The van der Waals surface area contributed by atoms with Crippen molar-refractivity contribution < 1.29 is 0 Å². The number of rotatable bonds is 4. The molecule has 0 unspecified atom stereocenters. The normalized spacial score (nSPS) is 16.4. The quantitative estimate of drug-likeness (QED) is 0.671. The summed E-state index contributed by atoms with van der Waals surface area (Å²) in [6, 6.07) is 12.4. The molecule has 1 saturated carbocycles. The number of hydrogen-bond donors (Lipinski definition) is 2. The number of aliphatic imine (C=N–C) groups is 1. The fourth-order valence-electron chi connectivity index (χ4n) is 2.65. The van der Waals surface area contributed by atoms with E-state index in [1.807, 2.05) is 26.0 Å². The predicted octanol–water partition coefficient (Wildman–Crippen LogP) is 2.55. The molecule has 22 heavy (non-hydrogen) atoms. The number of benzene rings is 1. The van der Waals surface area contributed by atoms with Crippen LogP contribution in [0.4, 0.5) is 5.95 Å². The lowest BCUT2D eigenvalue weighted by Gasteiger charge is -2.13. The summed E-state index contributed by atoms with van der Waals surface area (Å²) in [5.74, 6) is 0.871. The largest absolute Gasteiger partial charge is 0.370 e. The highest BCUT2D eigenvalue weighted by Crippen LogP contribution is 2.48. The van der Waals surface area contributed by atoms with Crippen LogP contribution in [0.3, 0.4) is 0 Å². The number of aromatic nitrogens is 2. The molecule has 2 aromatic rings. The van der Waals surface area contributed by atoms with Crippen LogP contribution in [0.1, 0.15) is 29.8 Å². The van der Waals surface area contributed by atoms with Crippen LogP contribution in [0.25, 0.3) is 0 Å².